The summed E-state index contributed by atoms with van der Waals surface area (Å²) in [4.78, 5) is 42.7. The number of hydrogen-bond acceptors (Lipinski definition) is 5. The zero-order valence-corrected chi connectivity index (χ0v) is 16.9. The number of amides is 3. The van der Waals surface area contributed by atoms with Crippen LogP contribution in [0.4, 0.5) is 0 Å². The van der Waals surface area contributed by atoms with Gasteiger partial charge in [0.25, 0.3) is 0 Å². The summed E-state index contributed by atoms with van der Waals surface area (Å²) in [6.45, 7) is 3.80. The Labute approximate surface area is 171 Å². The summed E-state index contributed by atoms with van der Waals surface area (Å²) in [5.41, 5.74) is 0.864. The van der Waals surface area contributed by atoms with Crippen molar-refractivity contribution < 1.29 is 19.1 Å². The Morgan fingerprint density at radius 2 is 2.24 bits per heavy atom. The molecule has 3 atom stereocenters. The molecule has 8 heteroatoms. The second-order valence-corrected chi connectivity index (χ2v) is 7.74. The molecule has 2 aliphatic rings. The third-order valence-corrected chi connectivity index (χ3v) is 5.46. The number of nitrogens with zero attached hydrogens (tertiary/aromatic N) is 2. The summed E-state index contributed by atoms with van der Waals surface area (Å²) >= 11 is 0. The van der Waals surface area contributed by atoms with Crippen molar-refractivity contribution in [2.45, 2.75) is 51.2 Å². The molecule has 0 radical (unpaired) electrons. The summed E-state index contributed by atoms with van der Waals surface area (Å²) in [6, 6.07) is 3.58. The zero-order chi connectivity index (χ0) is 20.6. The van der Waals surface area contributed by atoms with Gasteiger partial charge < -0.3 is 20.3 Å². The monoisotopic (exact) mass is 402 g/mol. The number of nitrogens with one attached hydrogen (secondary N) is 2. The van der Waals surface area contributed by atoms with Crippen LogP contribution in [0.5, 0.6) is 0 Å². The Kier molecular flexibility index (Phi) is 7.57. The van der Waals surface area contributed by atoms with Gasteiger partial charge in [-0.25, -0.2) is 0 Å². The summed E-state index contributed by atoms with van der Waals surface area (Å²) in [5, 5.41) is 5.84. The van der Waals surface area contributed by atoms with Crippen molar-refractivity contribution in [1.82, 2.24) is 20.5 Å². The molecule has 1 aromatic rings. The minimum absolute atomic E-state index is 0.0186. The van der Waals surface area contributed by atoms with Gasteiger partial charge in [-0.05, 0) is 37.3 Å². The Balaban J connectivity index is 1.58. The van der Waals surface area contributed by atoms with E-state index in [2.05, 4.69) is 15.6 Å². The summed E-state index contributed by atoms with van der Waals surface area (Å²) < 4.78 is 6.01. The van der Waals surface area contributed by atoms with Crippen molar-refractivity contribution in [3.63, 3.8) is 0 Å². The zero-order valence-electron chi connectivity index (χ0n) is 16.9. The standard InChI is InChI=1S/C21H30N4O4/c1-2-10-29-18-12-16(21(28)25-9-8-23-20(27)14-25)5-6-17(18)24-19(26)11-15-4-3-7-22-13-15/h3-4,7,13,16-18H,2,5-6,8-12,14H2,1H3,(H,23,27)(H,24,26)/t16-,17-,18-/m0/s1. The molecule has 0 spiro atoms. The fraction of sp³-hybridized carbons (Fsp3) is 0.619. The first-order chi connectivity index (χ1) is 14.1. The molecule has 0 unspecified atom stereocenters. The third kappa shape index (κ3) is 6.00. The van der Waals surface area contributed by atoms with E-state index in [4.69, 9.17) is 4.74 Å². The van der Waals surface area contributed by atoms with E-state index in [0.29, 0.717) is 39.0 Å². The second-order valence-electron chi connectivity index (χ2n) is 7.74. The van der Waals surface area contributed by atoms with Crippen LogP contribution in [-0.2, 0) is 25.5 Å². The highest BCUT2D eigenvalue weighted by atomic mass is 16.5. The molecular formula is C21H30N4O4. The van der Waals surface area contributed by atoms with Gasteiger partial charge in [0, 0.05) is 38.0 Å². The number of pyridine rings is 1. The molecule has 1 saturated heterocycles. The molecule has 2 fully saturated rings. The first-order valence-electron chi connectivity index (χ1n) is 10.4. The molecule has 8 nitrogen and oxygen atoms in total. The van der Waals surface area contributed by atoms with Gasteiger partial charge in [-0.15, -0.1) is 0 Å². The van der Waals surface area contributed by atoms with Crippen molar-refractivity contribution in [1.29, 1.82) is 0 Å². The minimum atomic E-state index is -0.200. The molecule has 158 valence electrons. The number of piperazine rings is 1. The minimum Gasteiger partial charge on any atom is -0.376 e. The van der Waals surface area contributed by atoms with Crippen LogP contribution in [0.1, 0.15) is 38.2 Å². The van der Waals surface area contributed by atoms with Crippen LogP contribution < -0.4 is 10.6 Å². The quantitative estimate of drug-likeness (QED) is 0.698. The van der Waals surface area contributed by atoms with Crippen LogP contribution in [0, 0.1) is 5.92 Å². The maximum atomic E-state index is 12.9. The number of carbonyl (C=O) groups is 3. The van der Waals surface area contributed by atoms with Crippen molar-refractivity contribution >= 4 is 17.7 Å². The molecule has 3 amide bonds. The van der Waals surface area contributed by atoms with Crippen LogP contribution in [0.15, 0.2) is 24.5 Å². The lowest BCUT2D eigenvalue weighted by molar-refractivity contribution is -0.144. The summed E-state index contributed by atoms with van der Waals surface area (Å²) in [6.07, 6.45) is 6.25. The maximum absolute atomic E-state index is 12.9. The van der Waals surface area contributed by atoms with Gasteiger partial charge in [0.1, 0.15) is 0 Å². The Hall–Kier alpha value is -2.48. The molecular weight excluding hydrogens is 372 g/mol. The second kappa shape index (κ2) is 10.3. The molecule has 2 N–H and O–H groups in total. The number of aromatic nitrogens is 1. The predicted octanol–water partition coefficient (Wildman–Crippen LogP) is 0.663. The van der Waals surface area contributed by atoms with Gasteiger partial charge in [-0.1, -0.05) is 13.0 Å². The predicted molar refractivity (Wildman–Crippen MR) is 107 cm³/mol. The average Bonchev–Trinajstić information content (AvgIpc) is 2.73. The van der Waals surface area contributed by atoms with E-state index in [1.165, 1.54) is 0 Å². The van der Waals surface area contributed by atoms with Crippen molar-refractivity contribution in [3.05, 3.63) is 30.1 Å². The molecule has 1 aliphatic carbocycles. The van der Waals surface area contributed by atoms with Crippen molar-refractivity contribution in [2.75, 3.05) is 26.2 Å². The van der Waals surface area contributed by atoms with E-state index in [1.807, 2.05) is 19.1 Å². The lowest BCUT2D eigenvalue weighted by atomic mass is 9.82. The van der Waals surface area contributed by atoms with E-state index in [9.17, 15) is 14.4 Å². The van der Waals surface area contributed by atoms with Crippen LogP contribution in [-0.4, -0.2) is 66.0 Å². The van der Waals surface area contributed by atoms with Gasteiger partial charge in [-0.3, -0.25) is 19.4 Å². The van der Waals surface area contributed by atoms with E-state index in [0.717, 1.165) is 12.0 Å². The molecule has 0 bridgehead atoms. The SMILES string of the molecule is CCCO[C@H]1C[C@@H](C(=O)N2CCNC(=O)C2)CC[C@@H]1NC(=O)Cc1cccnc1. The molecule has 1 saturated carbocycles. The highest BCUT2D eigenvalue weighted by molar-refractivity contribution is 5.87. The van der Waals surface area contributed by atoms with Crippen molar-refractivity contribution in [2.24, 2.45) is 5.92 Å². The fourth-order valence-electron chi connectivity index (χ4n) is 4.00. The smallest absolute Gasteiger partial charge is 0.239 e. The molecule has 1 aromatic heterocycles. The topological polar surface area (TPSA) is 101 Å². The number of rotatable bonds is 7. The third-order valence-electron chi connectivity index (χ3n) is 5.46. The van der Waals surface area contributed by atoms with E-state index >= 15 is 0 Å². The normalized spacial score (nSPS) is 24.7. The van der Waals surface area contributed by atoms with Crippen LogP contribution in [0.3, 0.4) is 0 Å². The average molecular weight is 402 g/mol. The molecule has 29 heavy (non-hydrogen) atoms. The lowest BCUT2D eigenvalue weighted by Gasteiger charge is -2.38. The van der Waals surface area contributed by atoms with Crippen molar-refractivity contribution in [3.8, 4) is 0 Å². The van der Waals surface area contributed by atoms with Gasteiger partial charge in [0.15, 0.2) is 0 Å². The van der Waals surface area contributed by atoms with Crippen LogP contribution in [0.2, 0.25) is 0 Å². The highest BCUT2D eigenvalue weighted by Gasteiger charge is 2.37. The van der Waals surface area contributed by atoms with Crippen LogP contribution >= 0.6 is 0 Å². The maximum Gasteiger partial charge on any atom is 0.239 e. The van der Waals surface area contributed by atoms with Gasteiger partial charge >= 0.3 is 0 Å². The van der Waals surface area contributed by atoms with E-state index in [1.54, 1.807) is 17.3 Å². The van der Waals surface area contributed by atoms with Gasteiger partial charge in [0.2, 0.25) is 17.7 Å². The Morgan fingerprint density at radius 3 is 2.97 bits per heavy atom. The Bertz CT molecular complexity index is 712. The first kappa shape index (κ1) is 21.2. The summed E-state index contributed by atoms with van der Waals surface area (Å²) in [7, 11) is 0. The van der Waals surface area contributed by atoms with E-state index in [-0.39, 0.29) is 48.8 Å². The first-order valence-corrected chi connectivity index (χ1v) is 10.4. The van der Waals surface area contributed by atoms with E-state index < -0.39 is 0 Å². The number of ether oxygens (including phenoxy) is 1. The van der Waals surface area contributed by atoms with Gasteiger partial charge in [-0.2, -0.15) is 0 Å². The molecule has 2 heterocycles. The lowest BCUT2D eigenvalue weighted by Crippen LogP contribution is -2.54. The molecule has 0 aromatic carbocycles. The fourth-order valence-corrected chi connectivity index (χ4v) is 4.00. The van der Waals surface area contributed by atoms with Crippen LogP contribution in [0.25, 0.3) is 0 Å². The molecule has 1 aliphatic heterocycles. The molecule has 3 rings (SSSR count). The van der Waals surface area contributed by atoms with Gasteiger partial charge in [0.05, 0.1) is 25.1 Å². The summed E-state index contributed by atoms with van der Waals surface area (Å²) in [5.74, 6) is -0.329. The number of carbonyl (C=O) groups excluding carboxylic acids is 3. The largest absolute Gasteiger partial charge is 0.376 e. The highest BCUT2D eigenvalue weighted by Crippen LogP contribution is 2.29. The number of hydrogen-bond donors (Lipinski definition) is 2. The Morgan fingerprint density at radius 1 is 1.38 bits per heavy atom.